The van der Waals surface area contributed by atoms with Crippen LogP contribution >= 0.6 is 9.16 Å². The van der Waals surface area contributed by atoms with Crippen LogP contribution in [-0.2, 0) is 0 Å². The van der Waals surface area contributed by atoms with Gasteiger partial charge in [0.05, 0.1) is 11.0 Å². The van der Waals surface area contributed by atoms with E-state index in [1.807, 2.05) is 0 Å². The number of hydrogen-bond acceptors (Lipinski definition) is 0. The van der Waals surface area contributed by atoms with Crippen LogP contribution in [0.2, 0.25) is 0 Å². The van der Waals surface area contributed by atoms with Gasteiger partial charge in [-0.05, 0) is 84.4 Å². The summed E-state index contributed by atoms with van der Waals surface area (Å²) in [6, 6.07) is 29.7. The molecule has 2 heteroatoms. The van der Waals surface area contributed by atoms with E-state index in [-0.39, 0.29) is 0 Å². The minimum absolute atomic E-state index is 1.22. The van der Waals surface area contributed by atoms with Crippen molar-refractivity contribution in [3.8, 4) is 16.8 Å². The Kier molecular flexibility index (Phi) is 3.53. The van der Waals surface area contributed by atoms with E-state index < -0.39 is 9.16 Å². The summed E-state index contributed by atoms with van der Waals surface area (Å²) in [6.45, 7) is 4.36. The van der Waals surface area contributed by atoms with Gasteiger partial charge in [-0.2, -0.15) is 0 Å². The lowest BCUT2D eigenvalue weighted by atomic mass is 9.99. The van der Waals surface area contributed by atoms with Crippen molar-refractivity contribution in [1.82, 2.24) is 4.57 Å². The van der Waals surface area contributed by atoms with Gasteiger partial charge in [0, 0.05) is 22.0 Å². The van der Waals surface area contributed by atoms with E-state index in [1.165, 1.54) is 49.7 Å². The number of aromatic nitrogens is 1. The van der Waals surface area contributed by atoms with Crippen LogP contribution < -0.4 is 0 Å². The maximum absolute atomic E-state index is 2.51. The molecule has 0 fully saturated rings. The first-order chi connectivity index (χ1) is 14.7. The van der Waals surface area contributed by atoms with Crippen LogP contribution in [0.5, 0.6) is 0 Å². The number of hydrogen-bond donors (Lipinski definition) is 1. The molecule has 0 amide bonds. The molecule has 4 aromatic carbocycles. The lowest BCUT2D eigenvalue weighted by Crippen LogP contribution is -2.11. The van der Waals surface area contributed by atoms with Gasteiger partial charge in [0.25, 0.3) is 0 Å². The van der Waals surface area contributed by atoms with Gasteiger partial charge < -0.3 is 4.57 Å². The van der Waals surface area contributed by atoms with E-state index in [9.17, 15) is 0 Å². The molecule has 156 valence electrons. The third-order valence-electron chi connectivity index (χ3n) is 7.22. The van der Waals surface area contributed by atoms with E-state index in [2.05, 4.69) is 116 Å². The van der Waals surface area contributed by atoms with Gasteiger partial charge in [0.15, 0.2) is 0 Å². The molecule has 2 heterocycles. The van der Waals surface area contributed by atoms with Gasteiger partial charge in [-0.15, -0.1) is 0 Å². The first-order valence-electron chi connectivity index (χ1n) is 11.0. The van der Waals surface area contributed by atoms with Crippen LogP contribution in [0.1, 0.15) is 11.1 Å². The van der Waals surface area contributed by atoms with Crippen molar-refractivity contribution >= 4 is 31.0 Å². The Labute approximate surface area is 184 Å². The van der Waals surface area contributed by atoms with Crippen molar-refractivity contribution in [2.24, 2.45) is 0 Å². The number of para-hydroxylation sites is 1. The van der Waals surface area contributed by atoms with Crippen LogP contribution in [0.3, 0.4) is 0 Å². The van der Waals surface area contributed by atoms with Crippen molar-refractivity contribution in [3.63, 3.8) is 0 Å². The Morgan fingerprint density at radius 2 is 1.35 bits per heavy atom. The average molecular weight is 424 g/mol. The fourth-order valence-corrected chi connectivity index (χ4v) is 9.13. The summed E-state index contributed by atoms with van der Waals surface area (Å²) in [5.74, 6) is 0. The quantitative estimate of drug-likeness (QED) is 0.263. The number of aryl methyl sites for hydroxylation is 2. The van der Waals surface area contributed by atoms with E-state index in [4.69, 9.17) is 0 Å². The first kappa shape index (κ1) is 18.8. The van der Waals surface area contributed by atoms with E-state index >= 15 is 0 Å². The second kappa shape index (κ2) is 5.83. The van der Waals surface area contributed by atoms with Crippen molar-refractivity contribution in [3.05, 3.63) is 90.0 Å². The highest BCUT2D eigenvalue weighted by Gasteiger charge is 2.41. The van der Waals surface area contributed by atoms with E-state index in [0.717, 1.165) is 0 Å². The molecular formula is C29H29NS. The molecule has 5 aromatic rings. The third-order valence-corrected chi connectivity index (χ3v) is 11.3. The van der Waals surface area contributed by atoms with Crippen LogP contribution in [0.15, 0.2) is 88.7 Å². The van der Waals surface area contributed by atoms with E-state index in [0.29, 0.717) is 0 Å². The van der Waals surface area contributed by atoms with Gasteiger partial charge in [-0.3, -0.25) is 0 Å². The van der Waals surface area contributed by atoms with Gasteiger partial charge in [0.2, 0.25) is 0 Å². The highest BCUT2D eigenvalue weighted by atomic mass is 32.3. The summed E-state index contributed by atoms with van der Waals surface area (Å²) in [5.41, 5.74) is 9.33. The lowest BCUT2D eigenvalue weighted by molar-refractivity contribution is 1.17. The summed E-state index contributed by atoms with van der Waals surface area (Å²) in [4.78, 5) is 3.10. The Balaban J connectivity index is 1.83. The van der Waals surface area contributed by atoms with Crippen LogP contribution in [0.25, 0.3) is 38.6 Å². The topological polar surface area (TPSA) is 4.93 Å². The Hall–Kier alpha value is -2.97. The predicted octanol–water partition coefficient (Wildman–Crippen LogP) is 7.76. The molecule has 0 radical (unpaired) electrons. The van der Waals surface area contributed by atoms with E-state index in [1.54, 1.807) is 9.79 Å². The number of rotatable bonds is 1. The monoisotopic (exact) mass is 423 g/mol. The Bertz CT molecular complexity index is 1530. The minimum Gasteiger partial charge on any atom is -0.309 e. The van der Waals surface area contributed by atoms with Crippen LogP contribution in [0, 0.1) is 13.8 Å². The van der Waals surface area contributed by atoms with Crippen molar-refractivity contribution < 1.29 is 0 Å². The average Bonchev–Trinajstić information content (AvgIpc) is 3.16. The summed E-state index contributed by atoms with van der Waals surface area (Å²) >= 11 is 0. The lowest BCUT2D eigenvalue weighted by Gasteiger charge is -2.50. The standard InChI is InChI=1S/C29H29NS/c1-19-10-13-21(14-11-19)30-24-9-7-6-8-22(24)28-25(30)16-17-26-29(28)23-15-12-20(2)18-27(23)31(26,3,4)5/h6-18,31H,1-5H3. The number of nitrogens with zero attached hydrogens (tertiary/aromatic N) is 1. The number of fused-ring (bicyclic) bond motifs is 7. The van der Waals surface area contributed by atoms with Crippen molar-refractivity contribution in [2.45, 2.75) is 23.6 Å². The molecule has 1 aliphatic rings. The smallest absolute Gasteiger partial charge is 0.0548 e. The second-order valence-corrected chi connectivity index (χ2v) is 16.9. The largest absolute Gasteiger partial charge is 0.309 e. The van der Waals surface area contributed by atoms with Gasteiger partial charge in [-0.1, -0.05) is 53.6 Å². The zero-order valence-corrected chi connectivity index (χ0v) is 19.8. The molecule has 0 spiro atoms. The SMILES string of the molecule is Cc1ccc(-n2c3ccccc3c3c4c(ccc32)[SH](C)(C)(C)c2cc(C)ccc2-4)cc1. The van der Waals surface area contributed by atoms with Crippen LogP contribution in [0.4, 0.5) is 0 Å². The molecule has 0 saturated carbocycles. The van der Waals surface area contributed by atoms with Gasteiger partial charge >= 0.3 is 0 Å². The Morgan fingerprint density at radius 1 is 0.645 bits per heavy atom. The van der Waals surface area contributed by atoms with Gasteiger partial charge in [-0.25, -0.2) is 9.16 Å². The molecule has 6 rings (SSSR count). The van der Waals surface area contributed by atoms with Crippen LogP contribution in [-0.4, -0.2) is 23.3 Å². The van der Waals surface area contributed by atoms with Gasteiger partial charge in [0.1, 0.15) is 0 Å². The first-order valence-corrected chi connectivity index (χ1v) is 14.6. The normalized spacial score (nSPS) is 17.3. The Morgan fingerprint density at radius 3 is 2.13 bits per heavy atom. The molecule has 1 aliphatic heterocycles. The van der Waals surface area contributed by atoms with Crippen molar-refractivity contribution in [2.75, 3.05) is 18.8 Å². The highest BCUT2D eigenvalue weighted by molar-refractivity contribution is 8.48. The summed E-state index contributed by atoms with van der Waals surface area (Å²) in [5, 5.41) is 2.74. The van der Waals surface area contributed by atoms with Crippen molar-refractivity contribution in [1.29, 1.82) is 0 Å². The predicted molar refractivity (Wildman–Crippen MR) is 139 cm³/mol. The fraction of sp³-hybridized carbons (Fsp3) is 0.172. The minimum atomic E-state index is -2.20. The number of thiol groups is 1. The molecule has 0 aliphatic carbocycles. The summed E-state index contributed by atoms with van der Waals surface area (Å²) in [6.07, 6.45) is 7.54. The highest BCUT2D eigenvalue weighted by Crippen LogP contribution is 2.81. The molecule has 0 saturated heterocycles. The zero-order valence-electron chi connectivity index (χ0n) is 18.9. The zero-order chi connectivity index (χ0) is 21.6. The molecule has 31 heavy (non-hydrogen) atoms. The number of benzene rings is 4. The summed E-state index contributed by atoms with van der Waals surface area (Å²) in [7, 11) is -2.20. The molecule has 0 unspecified atom stereocenters. The maximum Gasteiger partial charge on any atom is 0.0548 e. The molecule has 1 aromatic heterocycles. The molecule has 0 bridgehead atoms. The summed E-state index contributed by atoms with van der Waals surface area (Å²) < 4.78 is 2.44. The molecular weight excluding hydrogens is 394 g/mol. The fourth-order valence-electron chi connectivity index (χ4n) is 5.58. The maximum atomic E-state index is 2.51. The molecule has 1 nitrogen and oxygen atoms in total. The molecule has 0 atom stereocenters. The second-order valence-electron chi connectivity index (χ2n) is 10.4. The third kappa shape index (κ3) is 2.40. The molecule has 0 N–H and O–H groups in total.